The van der Waals surface area contributed by atoms with Gasteiger partial charge in [-0.3, -0.25) is 4.98 Å². The van der Waals surface area contributed by atoms with Crippen LogP contribution in [0, 0.1) is 23.5 Å². The SMILES string of the molecule is Fc1cccc(-c2ccc(-c3ccc(F)c(-c4ncccc4F)n3)c(F)n2)n1. The zero-order valence-electron chi connectivity index (χ0n) is 14.1. The van der Waals surface area contributed by atoms with Gasteiger partial charge in [0.15, 0.2) is 11.6 Å². The lowest BCUT2D eigenvalue weighted by molar-refractivity contribution is 0.580. The van der Waals surface area contributed by atoms with Gasteiger partial charge in [0.25, 0.3) is 0 Å². The first-order valence-electron chi connectivity index (χ1n) is 8.10. The van der Waals surface area contributed by atoms with Crippen LogP contribution in [0.15, 0.2) is 60.8 Å². The highest BCUT2D eigenvalue weighted by Gasteiger charge is 2.17. The Kier molecular flexibility index (Phi) is 4.52. The minimum atomic E-state index is -0.907. The molecule has 0 aliphatic rings. The van der Waals surface area contributed by atoms with Crippen molar-refractivity contribution in [2.45, 2.75) is 0 Å². The predicted octanol–water partition coefficient (Wildman–Crippen LogP) is 4.82. The minimum Gasteiger partial charge on any atom is -0.251 e. The van der Waals surface area contributed by atoms with Gasteiger partial charge in [-0.05, 0) is 48.5 Å². The van der Waals surface area contributed by atoms with E-state index in [2.05, 4.69) is 19.9 Å². The van der Waals surface area contributed by atoms with Gasteiger partial charge in [-0.15, -0.1) is 0 Å². The van der Waals surface area contributed by atoms with Gasteiger partial charge in [0.2, 0.25) is 11.9 Å². The first-order valence-corrected chi connectivity index (χ1v) is 8.10. The molecule has 0 spiro atoms. The van der Waals surface area contributed by atoms with Crippen LogP contribution in [-0.2, 0) is 0 Å². The topological polar surface area (TPSA) is 51.6 Å². The van der Waals surface area contributed by atoms with Gasteiger partial charge >= 0.3 is 0 Å². The fourth-order valence-corrected chi connectivity index (χ4v) is 2.64. The minimum absolute atomic E-state index is 0.0299. The summed E-state index contributed by atoms with van der Waals surface area (Å²) in [6, 6.07) is 11.7. The van der Waals surface area contributed by atoms with E-state index in [0.29, 0.717) is 0 Å². The molecule has 4 aromatic rings. The molecule has 0 aliphatic carbocycles. The summed E-state index contributed by atoms with van der Waals surface area (Å²) < 4.78 is 55.9. The molecule has 0 aliphatic heterocycles. The van der Waals surface area contributed by atoms with E-state index in [1.807, 2.05) is 0 Å². The molecule has 0 amide bonds. The number of rotatable bonds is 3. The Morgan fingerprint density at radius 1 is 0.571 bits per heavy atom. The number of aromatic nitrogens is 4. The van der Waals surface area contributed by atoms with Crippen LogP contribution in [0.4, 0.5) is 17.6 Å². The van der Waals surface area contributed by atoms with E-state index < -0.39 is 23.5 Å². The van der Waals surface area contributed by atoms with Gasteiger partial charge < -0.3 is 0 Å². The summed E-state index contributed by atoms with van der Waals surface area (Å²) in [6.45, 7) is 0. The lowest BCUT2D eigenvalue weighted by Gasteiger charge is -2.08. The van der Waals surface area contributed by atoms with Crippen molar-refractivity contribution < 1.29 is 17.6 Å². The van der Waals surface area contributed by atoms with Crippen LogP contribution >= 0.6 is 0 Å². The molecule has 0 saturated heterocycles. The van der Waals surface area contributed by atoms with Crippen LogP contribution in [0.25, 0.3) is 34.0 Å². The van der Waals surface area contributed by atoms with Crippen LogP contribution in [-0.4, -0.2) is 19.9 Å². The van der Waals surface area contributed by atoms with Crippen LogP contribution < -0.4 is 0 Å². The molecule has 0 N–H and O–H groups in total. The number of hydrogen-bond donors (Lipinski definition) is 0. The van der Waals surface area contributed by atoms with E-state index >= 15 is 0 Å². The summed E-state index contributed by atoms with van der Waals surface area (Å²) in [7, 11) is 0. The summed E-state index contributed by atoms with van der Waals surface area (Å²) in [5, 5.41) is 0. The van der Waals surface area contributed by atoms with E-state index in [9.17, 15) is 17.6 Å². The second kappa shape index (κ2) is 7.15. The smallest absolute Gasteiger partial charge is 0.222 e. The van der Waals surface area contributed by atoms with Crippen LogP contribution in [0.3, 0.4) is 0 Å². The van der Waals surface area contributed by atoms with E-state index in [1.54, 1.807) is 0 Å². The summed E-state index contributed by atoms with van der Waals surface area (Å²) >= 11 is 0. The van der Waals surface area contributed by atoms with Crippen molar-refractivity contribution in [2.24, 2.45) is 0 Å². The summed E-state index contributed by atoms with van der Waals surface area (Å²) in [5.74, 6) is -3.17. The average Bonchev–Trinajstić information content (AvgIpc) is 2.69. The maximum Gasteiger partial charge on any atom is 0.222 e. The van der Waals surface area contributed by atoms with Gasteiger partial charge in [-0.2, -0.15) is 8.78 Å². The first-order chi connectivity index (χ1) is 13.5. The molecule has 4 aromatic heterocycles. The molecule has 0 atom stereocenters. The molecule has 28 heavy (non-hydrogen) atoms. The van der Waals surface area contributed by atoms with Crippen LogP contribution in [0.1, 0.15) is 0 Å². The molecule has 8 heteroatoms. The number of nitrogens with zero attached hydrogens (tertiary/aromatic N) is 4. The highest BCUT2D eigenvalue weighted by atomic mass is 19.1. The van der Waals surface area contributed by atoms with Crippen LogP contribution in [0.5, 0.6) is 0 Å². The Morgan fingerprint density at radius 2 is 1.32 bits per heavy atom. The van der Waals surface area contributed by atoms with Crippen molar-refractivity contribution in [3.05, 3.63) is 84.3 Å². The summed E-state index contributed by atoms with van der Waals surface area (Å²) in [5.41, 5.74) is -0.322. The number of pyridine rings is 4. The molecule has 0 bridgehead atoms. The lowest BCUT2D eigenvalue weighted by atomic mass is 10.1. The van der Waals surface area contributed by atoms with Crippen LogP contribution in [0.2, 0.25) is 0 Å². The Hall–Kier alpha value is -3.68. The Morgan fingerprint density at radius 3 is 2.07 bits per heavy atom. The molecular weight excluding hydrogens is 372 g/mol. The maximum absolute atomic E-state index is 14.6. The van der Waals surface area contributed by atoms with Crippen molar-refractivity contribution in [3.8, 4) is 34.0 Å². The van der Waals surface area contributed by atoms with E-state index in [1.165, 1.54) is 42.6 Å². The highest BCUT2D eigenvalue weighted by Crippen LogP contribution is 2.28. The quantitative estimate of drug-likeness (QED) is 0.376. The average molecular weight is 382 g/mol. The molecule has 138 valence electrons. The Balaban J connectivity index is 1.78. The van der Waals surface area contributed by atoms with Crippen molar-refractivity contribution in [1.29, 1.82) is 0 Å². The highest BCUT2D eigenvalue weighted by molar-refractivity contribution is 5.66. The molecule has 4 heterocycles. The zero-order valence-corrected chi connectivity index (χ0v) is 14.1. The van der Waals surface area contributed by atoms with Crippen molar-refractivity contribution in [2.75, 3.05) is 0 Å². The zero-order chi connectivity index (χ0) is 19.7. The van der Waals surface area contributed by atoms with Crippen molar-refractivity contribution >= 4 is 0 Å². The monoisotopic (exact) mass is 382 g/mol. The molecule has 0 saturated carbocycles. The van der Waals surface area contributed by atoms with Gasteiger partial charge in [-0.25, -0.2) is 23.7 Å². The Bertz CT molecular complexity index is 1180. The predicted molar refractivity (Wildman–Crippen MR) is 93.8 cm³/mol. The molecule has 4 rings (SSSR count). The largest absolute Gasteiger partial charge is 0.251 e. The molecule has 0 aromatic carbocycles. The molecular formula is C20H10F4N4. The first kappa shape index (κ1) is 17.7. The molecule has 0 radical (unpaired) electrons. The molecule has 4 nitrogen and oxygen atoms in total. The second-order valence-corrected chi connectivity index (χ2v) is 5.74. The fraction of sp³-hybridized carbons (Fsp3) is 0. The Labute approximate surface area is 156 Å². The summed E-state index contributed by atoms with van der Waals surface area (Å²) in [4.78, 5) is 15.3. The molecule has 0 unspecified atom stereocenters. The second-order valence-electron chi connectivity index (χ2n) is 5.74. The lowest BCUT2D eigenvalue weighted by Crippen LogP contribution is -1.99. The number of hydrogen-bond acceptors (Lipinski definition) is 4. The third kappa shape index (κ3) is 3.32. The maximum atomic E-state index is 14.6. The normalized spacial score (nSPS) is 10.9. The number of halogens is 4. The van der Waals surface area contributed by atoms with E-state index in [0.717, 1.165) is 18.2 Å². The van der Waals surface area contributed by atoms with Crippen molar-refractivity contribution in [3.63, 3.8) is 0 Å². The van der Waals surface area contributed by atoms with E-state index in [4.69, 9.17) is 0 Å². The van der Waals surface area contributed by atoms with E-state index in [-0.39, 0.29) is 34.0 Å². The van der Waals surface area contributed by atoms with Gasteiger partial charge in [0, 0.05) is 6.20 Å². The summed E-state index contributed by atoms with van der Waals surface area (Å²) in [6.07, 6.45) is 1.30. The van der Waals surface area contributed by atoms with Gasteiger partial charge in [0.05, 0.1) is 22.6 Å². The standard InChI is InChI=1S/C20H10F4N4/c21-12-3-2-10-25-18(12)19-13(22)7-9-14(27-19)11-6-8-16(28-20(11)24)15-4-1-5-17(23)26-15/h1-10H. The third-order valence-electron chi connectivity index (χ3n) is 3.93. The fourth-order valence-electron chi connectivity index (χ4n) is 2.64. The van der Waals surface area contributed by atoms with Gasteiger partial charge in [-0.1, -0.05) is 6.07 Å². The van der Waals surface area contributed by atoms with Crippen molar-refractivity contribution in [1.82, 2.24) is 19.9 Å². The third-order valence-corrected chi connectivity index (χ3v) is 3.93. The van der Waals surface area contributed by atoms with Gasteiger partial charge in [0.1, 0.15) is 11.4 Å². The molecule has 0 fully saturated rings.